The standard InChI is InChI=1S/C12H18N4S/c1-8-2-4-9(5-3-8)15-12-14-7-6-10(16-12)11(13)17/h6-9H,2-5H2,1H3,(H2,13,17)(H,14,15,16). The molecule has 5 heteroatoms. The maximum atomic E-state index is 5.55. The zero-order valence-electron chi connectivity index (χ0n) is 10.0. The molecule has 1 saturated carbocycles. The number of anilines is 1. The number of rotatable bonds is 3. The van der Waals surface area contributed by atoms with E-state index >= 15 is 0 Å². The predicted octanol–water partition coefficient (Wildman–Crippen LogP) is 2.10. The monoisotopic (exact) mass is 250 g/mol. The van der Waals surface area contributed by atoms with Crippen LogP contribution in [-0.2, 0) is 0 Å². The second kappa shape index (κ2) is 5.40. The lowest BCUT2D eigenvalue weighted by molar-refractivity contribution is 0.360. The Labute approximate surface area is 107 Å². The summed E-state index contributed by atoms with van der Waals surface area (Å²) in [5.41, 5.74) is 6.17. The molecule has 1 fully saturated rings. The number of hydrogen-bond donors (Lipinski definition) is 2. The van der Waals surface area contributed by atoms with Crippen molar-refractivity contribution >= 4 is 23.2 Å². The molecule has 0 amide bonds. The number of aromatic nitrogens is 2. The first kappa shape index (κ1) is 12.2. The number of hydrogen-bond acceptors (Lipinski definition) is 4. The van der Waals surface area contributed by atoms with Gasteiger partial charge in [-0.25, -0.2) is 9.97 Å². The van der Waals surface area contributed by atoms with E-state index in [1.54, 1.807) is 12.3 Å². The van der Waals surface area contributed by atoms with Crippen LogP contribution < -0.4 is 11.1 Å². The quantitative estimate of drug-likeness (QED) is 0.804. The lowest BCUT2D eigenvalue weighted by Gasteiger charge is -2.26. The highest BCUT2D eigenvalue weighted by molar-refractivity contribution is 7.80. The highest BCUT2D eigenvalue weighted by Crippen LogP contribution is 2.25. The summed E-state index contributed by atoms with van der Waals surface area (Å²) in [4.78, 5) is 8.81. The molecule has 0 radical (unpaired) electrons. The molecule has 17 heavy (non-hydrogen) atoms. The smallest absolute Gasteiger partial charge is 0.223 e. The summed E-state index contributed by atoms with van der Waals surface area (Å²) < 4.78 is 0. The Kier molecular flexibility index (Phi) is 3.89. The van der Waals surface area contributed by atoms with Crippen molar-refractivity contribution in [2.75, 3.05) is 5.32 Å². The van der Waals surface area contributed by atoms with Crippen molar-refractivity contribution in [1.82, 2.24) is 9.97 Å². The fourth-order valence-electron chi connectivity index (χ4n) is 2.15. The highest BCUT2D eigenvalue weighted by Gasteiger charge is 2.18. The average molecular weight is 250 g/mol. The Hall–Kier alpha value is -1.23. The molecular formula is C12H18N4S. The van der Waals surface area contributed by atoms with Crippen LogP contribution >= 0.6 is 12.2 Å². The molecule has 0 saturated heterocycles. The molecular weight excluding hydrogens is 232 g/mol. The molecule has 1 heterocycles. The first-order valence-corrected chi connectivity index (χ1v) is 6.45. The van der Waals surface area contributed by atoms with E-state index in [4.69, 9.17) is 18.0 Å². The molecule has 1 aromatic rings. The van der Waals surface area contributed by atoms with Crippen LogP contribution in [0.1, 0.15) is 38.3 Å². The van der Waals surface area contributed by atoms with Crippen molar-refractivity contribution in [2.45, 2.75) is 38.6 Å². The van der Waals surface area contributed by atoms with Crippen LogP contribution in [0.4, 0.5) is 5.95 Å². The summed E-state index contributed by atoms with van der Waals surface area (Å²) in [7, 11) is 0. The summed E-state index contributed by atoms with van der Waals surface area (Å²) in [5, 5.41) is 3.36. The maximum Gasteiger partial charge on any atom is 0.223 e. The van der Waals surface area contributed by atoms with Gasteiger partial charge in [0.25, 0.3) is 0 Å². The minimum atomic E-state index is 0.313. The molecule has 0 aliphatic heterocycles. The van der Waals surface area contributed by atoms with E-state index in [1.807, 2.05) is 0 Å². The van der Waals surface area contributed by atoms with Gasteiger partial charge in [0.1, 0.15) is 10.7 Å². The number of thiocarbonyl (C=S) groups is 1. The minimum absolute atomic E-state index is 0.313. The minimum Gasteiger partial charge on any atom is -0.388 e. The van der Waals surface area contributed by atoms with E-state index < -0.39 is 0 Å². The lowest BCUT2D eigenvalue weighted by Crippen LogP contribution is -2.26. The van der Waals surface area contributed by atoms with Crippen molar-refractivity contribution < 1.29 is 0 Å². The molecule has 0 bridgehead atoms. The fraction of sp³-hybridized carbons (Fsp3) is 0.583. The first-order chi connectivity index (χ1) is 8.15. The van der Waals surface area contributed by atoms with E-state index in [0.717, 1.165) is 5.92 Å². The summed E-state index contributed by atoms with van der Waals surface area (Å²) in [6, 6.07) is 2.21. The molecule has 3 N–H and O–H groups in total. The van der Waals surface area contributed by atoms with Crippen molar-refractivity contribution in [2.24, 2.45) is 11.7 Å². The van der Waals surface area contributed by atoms with Crippen LogP contribution in [0, 0.1) is 5.92 Å². The van der Waals surface area contributed by atoms with Gasteiger partial charge in [0, 0.05) is 12.2 Å². The third-order valence-electron chi connectivity index (χ3n) is 3.26. The SMILES string of the molecule is CC1CCC(Nc2nccc(C(N)=S)n2)CC1. The summed E-state index contributed by atoms with van der Waals surface area (Å²) in [5.74, 6) is 1.48. The van der Waals surface area contributed by atoms with E-state index in [0.29, 0.717) is 22.7 Å². The van der Waals surface area contributed by atoms with Crippen LogP contribution in [0.15, 0.2) is 12.3 Å². The van der Waals surface area contributed by atoms with Crippen LogP contribution in [0.5, 0.6) is 0 Å². The average Bonchev–Trinajstić information content (AvgIpc) is 2.32. The molecule has 1 aliphatic carbocycles. The van der Waals surface area contributed by atoms with Gasteiger partial charge in [-0.1, -0.05) is 19.1 Å². The second-order valence-corrected chi connectivity index (χ2v) is 5.17. The van der Waals surface area contributed by atoms with E-state index in [1.165, 1.54) is 25.7 Å². The molecule has 0 unspecified atom stereocenters. The third kappa shape index (κ3) is 3.36. The Morgan fingerprint density at radius 3 is 2.76 bits per heavy atom. The molecule has 1 aromatic heterocycles. The number of nitrogens with zero attached hydrogens (tertiary/aromatic N) is 2. The highest BCUT2D eigenvalue weighted by atomic mass is 32.1. The Morgan fingerprint density at radius 2 is 2.12 bits per heavy atom. The van der Waals surface area contributed by atoms with Crippen LogP contribution in [0.2, 0.25) is 0 Å². The van der Waals surface area contributed by atoms with Gasteiger partial charge < -0.3 is 11.1 Å². The van der Waals surface area contributed by atoms with Crippen molar-refractivity contribution in [3.05, 3.63) is 18.0 Å². The van der Waals surface area contributed by atoms with Gasteiger partial charge in [-0.3, -0.25) is 0 Å². The van der Waals surface area contributed by atoms with Crippen LogP contribution in [0.3, 0.4) is 0 Å². The molecule has 1 aliphatic rings. The first-order valence-electron chi connectivity index (χ1n) is 6.04. The molecule has 4 nitrogen and oxygen atoms in total. The fourth-order valence-corrected chi connectivity index (χ4v) is 2.27. The number of nitrogens with one attached hydrogen (secondary N) is 1. The third-order valence-corrected chi connectivity index (χ3v) is 3.47. The van der Waals surface area contributed by atoms with Crippen LogP contribution in [0.25, 0.3) is 0 Å². The van der Waals surface area contributed by atoms with Gasteiger partial charge in [0.15, 0.2) is 0 Å². The van der Waals surface area contributed by atoms with Crippen LogP contribution in [-0.4, -0.2) is 21.0 Å². The van der Waals surface area contributed by atoms with E-state index in [2.05, 4.69) is 22.2 Å². The van der Waals surface area contributed by atoms with Gasteiger partial charge in [-0.05, 0) is 37.7 Å². The van der Waals surface area contributed by atoms with Crippen molar-refractivity contribution in [3.63, 3.8) is 0 Å². The number of nitrogens with two attached hydrogens (primary N) is 1. The van der Waals surface area contributed by atoms with Gasteiger partial charge in [0.2, 0.25) is 5.95 Å². The topological polar surface area (TPSA) is 63.8 Å². The Balaban J connectivity index is 1.98. The normalized spacial score (nSPS) is 24.3. The molecule has 92 valence electrons. The van der Waals surface area contributed by atoms with E-state index in [9.17, 15) is 0 Å². The predicted molar refractivity (Wildman–Crippen MR) is 73.0 cm³/mol. The molecule has 0 spiro atoms. The Morgan fingerprint density at radius 1 is 1.41 bits per heavy atom. The zero-order valence-corrected chi connectivity index (χ0v) is 10.8. The van der Waals surface area contributed by atoms with E-state index in [-0.39, 0.29) is 0 Å². The molecule has 0 atom stereocenters. The summed E-state index contributed by atoms with van der Waals surface area (Å²) in [6.07, 6.45) is 6.60. The summed E-state index contributed by atoms with van der Waals surface area (Å²) >= 11 is 4.90. The summed E-state index contributed by atoms with van der Waals surface area (Å²) in [6.45, 7) is 2.31. The van der Waals surface area contributed by atoms with Gasteiger partial charge in [-0.2, -0.15) is 0 Å². The lowest BCUT2D eigenvalue weighted by atomic mass is 9.87. The largest absolute Gasteiger partial charge is 0.388 e. The maximum absolute atomic E-state index is 5.55. The molecule has 2 rings (SSSR count). The van der Waals surface area contributed by atoms with Crippen molar-refractivity contribution in [3.8, 4) is 0 Å². The van der Waals surface area contributed by atoms with Gasteiger partial charge in [0.05, 0.1) is 0 Å². The second-order valence-electron chi connectivity index (χ2n) is 4.73. The molecule has 0 aromatic carbocycles. The van der Waals surface area contributed by atoms with Crippen molar-refractivity contribution in [1.29, 1.82) is 0 Å². The zero-order chi connectivity index (χ0) is 12.3. The Bertz CT molecular complexity index is 399. The van der Waals surface area contributed by atoms with Gasteiger partial charge in [-0.15, -0.1) is 0 Å². The van der Waals surface area contributed by atoms with Gasteiger partial charge >= 0.3 is 0 Å².